The number of hydrogen-bond donors (Lipinski definition) is 1. The Morgan fingerprint density at radius 1 is 1.00 bits per heavy atom. The van der Waals surface area contributed by atoms with Crippen molar-refractivity contribution in [2.45, 2.75) is 16.7 Å². The zero-order chi connectivity index (χ0) is 24.8. The lowest BCUT2D eigenvalue weighted by molar-refractivity contribution is -0.117. The predicted octanol–water partition coefficient (Wildman–Crippen LogP) is 7.99. The molecule has 1 amide bonds. The highest BCUT2D eigenvalue weighted by Gasteiger charge is 2.67. The van der Waals surface area contributed by atoms with Crippen molar-refractivity contribution in [3.63, 3.8) is 0 Å². The number of nitrogens with one attached hydrogen (secondary N) is 1. The number of carbonyl (C=O) groups is 2. The number of Topliss-reactive ketones (excluding diaryl/α,β-unsaturated/α-hetero) is 1. The van der Waals surface area contributed by atoms with Crippen molar-refractivity contribution in [1.82, 2.24) is 0 Å². The fourth-order valence-electron chi connectivity index (χ4n) is 3.82. The number of ketones is 1. The van der Waals surface area contributed by atoms with Gasteiger partial charge in [0, 0.05) is 38.6 Å². The molecule has 1 aliphatic carbocycles. The highest BCUT2D eigenvalue weighted by Crippen LogP contribution is 2.65. The summed E-state index contributed by atoms with van der Waals surface area (Å²) >= 11 is 28.4. The van der Waals surface area contributed by atoms with Crippen LogP contribution in [-0.4, -0.2) is 16.0 Å². The first-order valence-electron chi connectivity index (χ1n) is 9.89. The number of alkyl halides is 2. The molecule has 0 aliphatic heterocycles. The van der Waals surface area contributed by atoms with Gasteiger partial charge in [0.05, 0.1) is 10.9 Å². The van der Waals surface area contributed by atoms with E-state index in [-0.39, 0.29) is 21.8 Å². The van der Waals surface area contributed by atoms with Crippen molar-refractivity contribution in [3.05, 3.63) is 97.4 Å². The van der Waals surface area contributed by atoms with Crippen LogP contribution in [0.1, 0.15) is 27.4 Å². The van der Waals surface area contributed by atoms with E-state index in [2.05, 4.69) is 21.2 Å². The molecule has 0 aromatic heterocycles. The van der Waals surface area contributed by atoms with Gasteiger partial charge in [-0.1, -0.05) is 45.2 Å². The van der Waals surface area contributed by atoms with Gasteiger partial charge in [-0.2, -0.15) is 0 Å². The molecular formula is C24H14BrCl4F2NO2. The van der Waals surface area contributed by atoms with E-state index in [0.29, 0.717) is 10.6 Å². The van der Waals surface area contributed by atoms with E-state index in [0.717, 1.165) is 16.6 Å². The molecule has 0 heterocycles. The van der Waals surface area contributed by atoms with Crippen molar-refractivity contribution < 1.29 is 18.4 Å². The summed E-state index contributed by atoms with van der Waals surface area (Å²) in [7, 11) is 0. The number of hydrogen-bond acceptors (Lipinski definition) is 2. The zero-order valence-electron chi connectivity index (χ0n) is 17.0. The molecule has 176 valence electrons. The molecule has 1 saturated carbocycles. The van der Waals surface area contributed by atoms with Crippen LogP contribution < -0.4 is 5.32 Å². The average Bonchev–Trinajstić information content (AvgIpc) is 3.33. The number of carbonyl (C=O) groups excluding carboxylic acids is 2. The first-order chi connectivity index (χ1) is 16.0. The Hall–Kier alpha value is -1.70. The molecule has 34 heavy (non-hydrogen) atoms. The van der Waals surface area contributed by atoms with Crippen molar-refractivity contribution in [1.29, 1.82) is 0 Å². The van der Waals surface area contributed by atoms with Crippen LogP contribution in [0.5, 0.6) is 0 Å². The van der Waals surface area contributed by atoms with E-state index in [4.69, 9.17) is 46.4 Å². The smallest absolute Gasteiger partial charge is 0.231 e. The van der Waals surface area contributed by atoms with Crippen LogP contribution in [-0.2, 0) is 11.2 Å². The lowest BCUT2D eigenvalue weighted by atomic mass is 10.0. The monoisotopic (exact) mass is 605 g/mol. The Bertz CT molecular complexity index is 1280. The van der Waals surface area contributed by atoms with Gasteiger partial charge in [-0.3, -0.25) is 9.59 Å². The first-order valence-corrected chi connectivity index (χ1v) is 12.2. The lowest BCUT2D eigenvalue weighted by Crippen LogP contribution is -2.17. The van der Waals surface area contributed by atoms with Crippen LogP contribution in [0.3, 0.4) is 0 Å². The molecule has 1 aliphatic rings. The average molecular weight is 608 g/mol. The van der Waals surface area contributed by atoms with Crippen molar-refractivity contribution in [3.8, 4) is 0 Å². The van der Waals surface area contributed by atoms with Crippen LogP contribution in [0.2, 0.25) is 10.0 Å². The van der Waals surface area contributed by atoms with Crippen molar-refractivity contribution in [2.24, 2.45) is 5.92 Å². The minimum Gasteiger partial charge on any atom is -0.326 e. The van der Waals surface area contributed by atoms with Crippen LogP contribution in [0.25, 0.3) is 0 Å². The molecule has 0 radical (unpaired) electrons. The standard InChI is InChI=1S/C24H14BrCl4F2NO2/c25-12-6-11(7-13(26)8-12)21-22(24(21,28)29)23(34)32-14-4-5-17(27)15(9-14)20(33)10-16-18(30)2-1-3-19(16)31/h1-9,21-22H,10H2,(H,32,34). The Morgan fingerprint density at radius 3 is 2.32 bits per heavy atom. The third-order valence-corrected chi connectivity index (χ3v) is 7.46. The quantitative estimate of drug-likeness (QED) is 0.228. The summed E-state index contributed by atoms with van der Waals surface area (Å²) in [5.74, 6) is -4.01. The summed E-state index contributed by atoms with van der Waals surface area (Å²) in [4.78, 5) is 25.7. The van der Waals surface area contributed by atoms with Crippen LogP contribution in [0.15, 0.2) is 59.1 Å². The Labute approximate surface area is 222 Å². The van der Waals surface area contributed by atoms with E-state index < -0.39 is 45.9 Å². The minimum atomic E-state index is -1.35. The maximum absolute atomic E-state index is 14.0. The fourth-order valence-corrected chi connectivity index (χ4v) is 5.75. The number of amides is 1. The summed E-state index contributed by atoms with van der Waals surface area (Å²) in [5, 5.41) is 3.23. The van der Waals surface area contributed by atoms with Crippen LogP contribution in [0.4, 0.5) is 14.5 Å². The molecule has 3 nitrogen and oxygen atoms in total. The Balaban J connectivity index is 1.53. The number of halogens is 7. The van der Waals surface area contributed by atoms with Gasteiger partial charge in [0.2, 0.25) is 5.91 Å². The summed E-state index contributed by atoms with van der Waals surface area (Å²) in [6.07, 6.45) is -0.531. The molecule has 0 bridgehead atoms. The summed E-state index contributed by atoms with van der Waals surface area (Å²) in [6, 6.07) is 12.8. The molecular weight excluding hydrogens is 594 g/mol. The summed E-state index contributed by atoms with van der Waals surface area (Å²) < 4.78 is 27.3. The van der Waals surface area contributed by atoms with E-state index in [1.165, 1.54) is 24.3 Å². The normalized spacial score (nSPS) is 18.4. The van der Waals surface area contributed by atoms with Gasteiger partial charge in [0.15, 0.2) is 5.78 Å². The molecule has 1 N–H and O–H groups in total. The molecule has 3 aromatic rings. The minimum absolute atomic E-state index is 0.0104. The zero-order valence-corrected chi connectivity index (χ0v) is 21.6. The van der Waals surface area contributed by atoms with E-state index >= 15 is 0 Å². The molecule has 2 atom stereocenters. The Kier molecular flexibility index (Phi) is 7.28. The largest absolute Gasteiger partial charge is 0.326 e. The second-order valence-corrected chi connectivity index (χ2v) is 11.0. The second-order valence-electron chi connectivity index (χ2n) is 7.82. The maximum atomic E-state index is 14.0. The van der Waals surface area contributed by atoms with Crippen LogP contribution in [0, 0.1) is 17.6 Å². The van der Waals surface area contributed by atoms with Crippen LogP contribution >= 0.6 is 62.3 Å². The highest BCUT2D eigenvalue weighted by atomic mass is 79.9. The third-order valence-electron chi connectivity index (χ3n) is 5.51. The predicted molar refractivity (Wildman–Crippen MR) is 134 cm³/mol. The molecule has 0 saturated heterocycles. The first kappa shape index (κ1) is 25.4. The topological polar surface area (TPSA) is 46.2 Å². The number of anilines is 1. The van der Waals surface area contributed by atoms with Crippen molar-refractivity contribution >= 4 is 79.7 Å². The number of rotatable bonds is 6. The van der Waals surface area contributed by atoms with E-state index in [9.17, 15) is 18.4 Å². The molecule has 0 spiro atoms. The molecule has 10 heteroatoms. The lowest BCUT2D eigenvalue weighted by Gasteiger charge is -2.10. The van der Waals surface area contributed by atoms with E-state index in [1.54, 1.807) is 18.2 Å². The molecule has 4 rings (SSSR count). The molecule has 3 aromatic carbocycles. The highest BCUT2D eigenvalue weighted by molar-refractivity contribution is 9.10. The van der Waals surface area contributed by atoms with E-state index in [1.807, 2.05) is 0 Å². The van der Waals surface area contributed by atoms with Gasteiger partial charge in [0.25, 0.3) is 0 Å². The van der Waals surface area contributed by atoms with Crippen molar-refractivity contribution in [2.75, 3.05) is 5.32 Å². The summed E-state index contributed by atoms with van der Waals surface area (Å²) in [5.41, 5.74) is 0.606. The third kappa shape index (κ3) is 5.12. The van der Waals surface area contributed by atoms with Gasteiger partial charge in [-0.15, -0.1) is 23.2 Å². The molecule has 1 fully saturated rings. The molecule has 2 unspecified atom stereocenters. The van der Waals surface area contributed by atoms with Gasteiger partial charge in [0.1, 0.15) is 16.0 Å². The number of benzene rings is 3. The second kappa shape index (κ2) is 9.75. The summed E-state index contributed by atoms with van der Waals surface area (Å²) in [6.45, 7) is 0. The fraction of sp³-hybridized carbons (Fsp3) is 0.167. The Morgan fingerprint density at radius 2 is 1.68 bits per heavy atom. The maximum Gasteiger partial charge on any atom is 0.231 e. The van der Waals surface area contributed by atoms with Gasteiger partial charge >= 0.3 is 0 Å². The van der Waals surface area contributed by atoms with Gasteiger partial charge < -0.3 is 5.32 Å². The SMILES string of the molecule is O=C(Cc1c(F)cccc1F)c1cc(NC(=O)C2C(c3cc(Cl)cc(Br)c3)C2(Cl)Cl)ccc1Cl. The van der Waals surface area contributed by atoms with Gasteiger partial charge in [-0.25, -0.2) is 8.78 Å². The van der Waals surface area contributed by atoms with Gasteiger partial charge in [-0.05, 0) is 54.1 Å².